The van der Waals surface area contributed by atoms with Gasteiger partial charge in [0, 0.05) is 5.25 Å². The molecule has 0 aromatic heterocycles. The number of nitrogens with two attached hydrogens (primary N) is 1. The van der Waals surface area contributed by atoms with Gasteiger partial charge in [-0.15, -0.1) is 0 Å². The lowest BCUT2D eigenvalue weighted by Crippen LogP contribution is -2.04. The second-order valence-electron chi connectivity index (χ2n) is 3.93. The van der Waals surface area contributed by atoms with Crippen molar-refractivity contribution in [2.24, 2.45) is 5.50 Å². The summed E-state index contributed by atoms with van der Waals surface area (Å²) in [6, 6.07) is 9.97. The maximum atomic E-state index is 11.9. The number of benzene rings is 1. The third-order valence-electron chi connectivity index (χ3n) is 2.41. The molecule has 0 fully saturated rings. The summed E-state index contributed by atoms with van der Waals surface area (Å²) in [6.45, 7) is 1.47. The van der Waals surface area contributed by atoms with Crippen LogP contribution in [0.15, 0.2) is 30.3 Å². The molecule has 0 amide bonds. The second kappa shape index (κ2) is 7.22. The van der Waals surface area contributed by atoms with Crippen LogP contribution in [0.1, 0.15) is 25.8 Å². The van der Waals surface area contributed by atoms with Crippen molar-refractivity contribution in [2.75, 3.05) is 6.61 Å². The van der Waals surface area contributed by atoms with Gasteiger partial charge in [0.05, 0.1) is 6.61 Å². The van der Waals surface area contributed by atoms with Gasteiger partial charge in [-0.3, -0.25) is 10.1 Å². The Balaban J connectivity index is 2.33. The van der Waals surface area contributed by atoms with Crippen molar-refractivity contribution < 1.29 is 9.09 Å². The van der Waals surface area contributed by atoms with Gasteiger partial charge in [0.15, 0.2) is 0 Å². The first-order valence-electron chi connectivity index (χ1n) is 5.79. The Morgan fingerprint density at radius 3 is 2.65 bits per heavy atom. The standard InChI is InChI=1S/C12H20NO2PS/c1-3-11(2)17-16(13,14)15-10-9-12-7-5-4-6-8-12/h4-8,11H,3,9-10H2,1-2H3,(H2,13,14). The second-order valence-corrected chi connectivity index (χ2v) is 8.45. The Hall–Kier alpha value is -0.280. The smallest absolute Gasteiger partial charge is 0.310 e. The van der Waals surface area contributed by atoms with Gasteiger partial charge in [-0.1, -0.05) is 55.6 Å². The molecule has 96 valence electrons. The lowest BCUT2D eigenvalue weighted by atomic mass is 10.2. The minimum absolute atomic E-state index is 0.266. The van der Waals surface area contributed by atoms with Gasteiger partial charge in [-0.2, -0.15) is 0 Å². The molecule has 1 aromatic carbocycles. The zero-order valence-corrected chi connectivity index (χ0v) is 12.0. The van der Waals surface area contributed by atoms with Crippen LogP contribution in [0.25, 0.3) is 0 Å². The fourth-order valence-corrected chi connectivity index (χ4v) is 4.71. The van der Waals surface area contributed by atoms with E-state index in [0.717, 1.165) is 12.8 Å². The lowest BCUT2D eigenvalue weighted by molar-refractivity contribution is 0.329. The zero-order chi connectivity index (χ0) is 12.7. The largest absolute Gasteiger partial charge is 0.324 e. The van der Waals surface area contributed by atoms with E-state index in [1.165, 1.54) is 16.9 Å². The summed E-state index contributed by atoms with van der Waals surface area (Å²) in [6.07, 6.45) is 1.68. The third kappa shape index (κ3) is 6.27. The minimum Gasteiger partial charge on any atom is -0.310 e. The molecule has 2 atom stereocenters. The Morgan fingerprint density at radius 1 is 1.41 bits per heavy atom. The molecule has 0 saturated heterocycles. The molecule has 3 nitrogen and oxygen atoms in total. The van der Waals surface area contributed by atoms with E-state index >= 15 is 0 Å². The molecular weight excluding hydrogens is 253 g/mol. The van der Waals surface area contributed by atoms with Gasteiger partial charge in [-0.25, -0.2) is 0 Å². The highest BCUT2D eigenvalue weighted by atomic mass is 32.7. The van der Waals surface area contributed by atoms with Crippen LogP contribution in [0.2, 0.25) is 0 Å². The Bertz CT molecular complexity index is 372. The molecule has 1 rings (SSSR count). The van der Waals surface area contributed by atoms with Gasteiger partial charge in [0.25, 0.3) is 0 Å². The molecule has 0 aliphatic carbocycles. The summed E-state index contributed by atoms with van der Waals surface area (Å²) in [4.78, 5) is 0. The molecule has 0 radical (unpaired) electrons. The highest BCUT2D eigenvalue weighted by Crippen LogP contribution is 2.54. The molecule has 0 bridgehead atoms. The molecule has 2 unspecified atom stereocenters. The van der Waals surface area contributed by atoms with Crippen molar-refractivity contribution in [1.29, 1.82) is 0 Å². The monoisotopic (exact) mass is 273 g/mol. The quantitative estimate of drug-likeness (QED) is 0.767. The average molecular weight is 273 g/mol. The van der Waals surface area contributed by atoms with Crippen LogP contribution in [0.3, 0.4) is 0 Å². The van der Waals surface area contributed by atoms with Crippen LogP contribution >= 0.6 is 18.1 Å². The summed E-state index contributed by atoms with van der Waals surface area (Å²) >= 11 is 1.25. The molecule has 0 spiro atoms. The number of hydrogen-bond donors (Lipinski definition) is 1. The van der Waals surface area contributed by atoms with E-state index in [1.54, 1.807) is 0 Å². The van der Waals surface area contributed by atoms with Crippen LogP contribution < -0.4 is 5.50 Å². The molecule has 0 aliphatic heterocycles. The summed E-state index contributed by atoms with van der Waals surface area (Å²) in [5.41, 5.74) is 6.82. The number of hydrogen-bond acceptors (Lipinski definition) is 3. The SMILES string of the molecule is CCC(C)SP(N)(=O)OCCc1ccccc1. The molecule has 0 heterocycles. The molecule has 17 heavy (non-hydrogen) atoms. The summed E-state index contributed by atoms with van der Waals surface area (Å²) < 4.78 is 17.2. The van der Waals surface area contributed by atoms with Crippen molar-refractivity contribution in [1.82, 2.24) is 0 Å². The van der Waals surface area contributed by atoms with Gasteiger partial charge in [-0.05, 0) is 18.4 Å². The molecule has 0 aliphatic rings. The van der Waals surface area contributed by atoms with E-state index < -0.39 is 6.72 Å². The van der Waals surface area contributed by atoms with Crippen molar-refractivity contribution in [3.05, 3.63) is 35.9 Å². The normalized spacial score (nSPS) is 16.4. The van der Waals surface area contributed by atoms with Crippen molar-refractivity contribution in [3.8, 4) is 0 Å². The van der Waals surface area contributed by atoms with E-state index in [0.29, 0.717) is 6.61 Å². The fourth-order valence-electron chi connectivity index (χ4n) is 1.29. The topological polar surface area (TPSA) is 52.3 Å². The van der Waals surface area contributed by atoms with Gasteiger partial charge in [0.1, 0.15) is 0 Å². The molecule has 2 N–H and O–H groups in total. The van der Waals surface area contributed by atoms with E-state index in [2.05, 4.69) is 0 Å². The minimum atomic E-state index is -2.99. The van der Waals surface area contributed by atoms with Crippen LogP contribution in [0.5, 0.6) is 0 Å². The van der Waals surface area contributed by atoms with Crippen LogP contribution in [-0.2, 0) is 15.5 Å². The fraction of sp³-hybridized carbons (Fsp3) is 0.500. The predicted molar refractivity (Wildman–Crippen MR) is 75.2 cm³/mol. The van der Waals surface area contributed by atoms with E-state index in [4.69, 9.17) is 10.0 Å². The highest BCUT2D eigenvalue weighted by Gasteiger charge is 2.20. The summed E-state index contributed by atoms with van der Waals surface area (Å²) in [7, 11) is 0. The van der Waals surface area contributed by atoms with Crippen LogP contribution in [0, 0.1) is 0 Å². The molecule has 0 saturated carbocycles. The average Bonchev–Trinajstić information content (AvgIpc) is 2.29. The summed E-state index contributed by atoms with van der Waals surface area (Å²) in [5, 5.41) is 0.266. The van der Waals surface area contributed by atoms with E-state index in [-0.39, 0.29) is 5.25 Å². The first-order chi connectivity index (χ1) is 8.03. The van der Waals surface area contributed by atoms with Crippen molar-refractivity contribution in [2.45, 2.75) is 31.9 Å². The third-order valence-corrected chi connectivity index (χ3v) is 6.21. The maximum absolute atomic E-state index is 11.9. The maximum Gasteiger partial charge on any atom is 0.324 e. The highest BCUT2D eigenvalue weighted by molar-refractivity contribution is 8.56. The zero-order valence-electron chi connectivity index (χ0n) is 10.3. The van der Waals surface area contributed by atoms with Gasteiger partial charge in [0.2, 0.25) is 0 Å². The lowest BCUT2D eigenvalue weighted by Gasteiger charge is -2.16. The van der Waals surface area contributed by atoms with Gasteiger partial charge < -0.3 is 4.52 Å². The van der Waals surface area contributed by atoms with Gasteiger partial charge >= 0.3 is 6.72 Å². The van der Waals surface area contributed by atoms with E-state index in [1.807, 2.05) is 44.2 Å². The van der Waals surface area contributed by atoms with Crippen molar-refractivity contribution >= 4 is 18.1 Å². The van der Waals surface area contributed by atoms with Crippen molar-refractivity contribution in [3.63, 3.8) is 0 Å². The van der Waals surface area contributed by atoms with E-state index in [9.17, 15) is 4.57 Å². The molecule has 1 aromatic rings. The predicted octanol–water partition coefficient (Wildman–Crippen LogP) is 3.84. The molecule has 5 heteroatoms. The Kier molecular flexibility index (Phi) is 6.28. The van der Waals surface area contributed by atoms with Crippen LogP contribution in [0.4, 0.5) is 0 Å². The first kappa shape index (κ1) is 14.8. The Morgan fingerprint density at radius 2 is 2.06 bits per heavy atom. The number of rotatable bonds is 7. The Labute approximate surface area is 107 Å². The summed E-state index contributed by atoms with van der Waals surface area (Å²) in [5.74, 6) is 0. The molecular formula is C12H20NO2PS. The van der Waals surface area contributed by atoms with Crippen LogP contribution in [-0.4, -0.2) is 11.9 Å². The first-order valence-corrected chi connectivity index (χ1v) is 8.97.